The molecule has 1 fully saturated rings. The maximum atomic E-state index is 11.8. The Morgan fingerprint density at radius 2 is 2.08 bits per heavy atom. The summed E-state index contributed by atoms with van der Waals surface area (Å²) in [4.78, 5) is 2.05. The molecule has 0 amide bonds. The van der Waals surface area contributed by atoms with Gasteiger partial charge in [-0.05, 0) is 43.4 Å². The Morgan fingerprint density at radius 3 is 2.69 bits per heavy atom. The lowest BCUT2D eigenvalue weighted by Gasteiger charge is -2.16. The van der Waals surface area contributed by atoms with Crippen LogP contribution in [0.25, 0.3) is 0 Å². The van der Waals surface area contributed by atoms with Crippen LogP contribution >= 0.6 is 35.4 Å². The molecule has 1 atom stereocenters. The number of aromatic nitrogens is 3. The molecule has 0 aliphatic carbocycles. The Labute approximate surface area is 168 Å². The molecular weight excluding hydrogens is 415 g/mol. The fourth-order valence-electron chi connectivity index (χ4n) is 3.18. The van der Waals surface area contributed by atoms with E-state index in [0.29, 0.717) is 34.5 Å². The molecule has 0 bridgehead atoms. The molecule has 1 saturated heterocycles. The predicted molar refractivity (Wildman–Crippen MR) is 106 cm³/mol. The summed E-state index contributed by atoms with van der Waals surface area (Å²) in [5.41, 5.74) is 1.03. The van der Waals surface area contributed by atoms with Crippen molar-refractivity contribution in [2.75, 3.05) is 18.6 Å². The minimum absolute atomic E-state index is 0.0895. The van der Waals surface area contributed by atoms with E-state index in [1.54, 1.807) is 10.7 Å². The molecule has 2 aromatic rings. The molecule has 6 nitrogen and oxygen atoms in total. The zero-order chi connectivity index (χ0) is 19.1. The molecule has 1 aromatic carbocycles. The minimum Gasteiger partial charge on any atom is -0.307 e. The van der Waals surface area contributed by atoms with Crippen molar-refractivity contribution in [3.63, 3.8) is 0 Å². The monoisotopic (exact) mass is 434 g/mol. The standard InChI is InChI=1S/C16H20Cl2N4O2S2/c1-20(8-11-3-4-13(17)14(18)7-11)10-22-16(25)21(2)15(19-22)12-5-6-26(23,24)9-12/h3-4,7,12H,5-6,8-10H2,1-2H3/t12-/m0/s1. The van der Waals surface area contributed by atoms with Crippen LogP contribution in [0.15, 0.2) is 18.2 Å². The number of benzene rings is 1. The van der Waals surface area contributed by atoms with Crippen LogP contribution in [-0.2, 0) is 30.1 Å². The number of hydrogen-bond donors (Lipinski definition) is 0. The summed E-state index contributed by atoms with van der Waals surface area (Å²) >= 11 is 17.5. The van der Waals surface area contributed by atoms with E-state index in [0.717, 1.165) is 11.4 Å². The lowest BCUT2D eigenvalue weighted by atomic mass is 10.1. The van der Waals surface area contributed by atoms with Gasteiger partial charge in [-0.25, -0.2) is 13.1 Å². The zero-order valence-corrected chi connectivity index (χ0v) is 17.7. The second-order valence-corrected chi connectivity index (χ2v) is 10.1. The van der Waals surface area contributed by atoms with Gasteiger partial charge in [0.15, 0.2) is 14.6 Å². The maximum Gasteiger partial charge on any atom is 0.198 e. The highest BCUT2D eigenvalue weighted by Gasteiger charge is 2.32. The molecule has 0 spiro atoms. The van der Waals surface area contributed by atoms with Crippen LogP contribution in [0.1, 0.15) is 23.7 Å². The van der Waals surface area contributed by atoms with E-state index in [-0.39, 0.29) is 17.4 Å². The topological polar surface area (TPSA) is 60.1 Å². The largest absolute Gasteiger partial charge is 0.307 e. The highest BCUT2D eigenvalue weighted by atomic mass is 35.5. The zero-order valence-electron chi connectivity index (χ0n) is 14.5. The van der Waals surface area contributed by atoms with Gasteiger partial charge in [0.1, 0.15) is 5.82 Å². The first-order chi connectivity index (χ1) is 12.2. The van der Waals surface area contributed by atoms with Crippen LogP contribution < -0.4 is 0 Å². The molecule has 0 N–H and O–H groups in total. The summed E-state index contributed by atoms with van der Waals surface area (Å²) in [6.45, 7) is 1.15. The summed E-state index contributed by atoms with van der Waals surface area (Å²) < 4.78 is 27.6. The molecule has 142 valence electrons. The highest BCUT2D eigenvalue weighted by Crippen LogP contribution is 2.28. The molecule has 0 radical (unpaired) electrons. The number of nitrogens with zero attached hydrogens (tertiary/aromatic N) is 4. The van der Waals surface area contributed by atoms with E-state index >= 15 is 0 Å². The SMILES string of the molecule is CN(Cc1ccc(Cl)c(Cl)c1)Cn1nc([C@H]2CCS(=O)(=O)C2)n(C)c1=S. The molecule has 1 aliphatic rings. The van der Waals surface area contributed by atoms with E-state index in [1.807, 2.05) is 30.8 Å². The van der Waals surface area contributed by atoms with Crippen molar-refractivity contribution in [1.29, 1.82) is 0 Å². The summed E-state index contributed by atoms with van der Waals surface area (Å²) in [6, 6.07) is 5.54. The average molecular weight is 435 g/mol. The van der Waals surface area contributed by atoms with Gasteiger partial charge in [0, 0.05) is 19.5 Å². The summed E-state index contributed by atoms with van der Waals surface area (Å²) in [6.07, 6.45) is 0.598. The number of hydrogen-bond acceptors (Lipinski definition) is 5. The van der Waals surface area contributed by atoms with Crippen molar-refractivity contribution in [2.24, 2.45) is 7.05 Å². The third-order valence-electron chi connectivity index (χ3n) is 4.48. The minimum atomic E-state index is -2.97. The van der Waals surface area contributed by atoms with Crippen LogP contribution in [-0.4, -0.2) is 46.2 Å². The third kappa shape index (κ3) is 4.31. The molecule has 26 heavy (non-hydrogen) atoms. The lowest BCUT2D eigenvalue weighted by Crippen LogP contribution is -2.22. The molecule has 2 heterocycles. The first-order valence-corrected chi connectivity index (χ1v) is 11.1. The van der Waals surface area contributed by atoms with Crippen LogP contribution in [0.5, 0.6) is 0 Å². The molecule has 3 rings (SSSR count). The fraction of sp³-hybridized carbons (Fsp3) is 0.500. The third-order valence-corrected chi connectivity index (χ3v) is 7.48. The molecule has 0 unspecified atom stereocenters. The van der Waals surface area contributed by atoms with Gasteiger partial charge < -0.3 is 4.57 Å². The second kappa shape index (κ2) is 7.59. The molecule has 1 aromatic heterocycles. The van der Waals surface area contributed by atoms with Crippen molar-refractivity contribution < 1.29 is 8.42 Å². The summed E-state index contributed by atoms with van der Waals surface area (Å²) in [5, 5.41) is 5.65. The predicted octanol–water partition coefficient (Wildman–Crippen LogP) is 3.25. The number of halogens is 2. The highest BCUT2D eigenvalue weighted by molar-refractivity contribution is 7.91. The first kappa shape index (κ1) is 19.8. The number of sulfone groups is 1. The normalized spacial score (nSPS) is 19.3. The van der Waals surface area contributed by atoms with E-state index < -0.39 is 9.84 Å². The van der Waals surface area contributed by atoms with Crippen molar-refractivity contribution in [3.05, 3.63) is 44.4 Å². The van der Waals surface area contributed by atoms with Crippen molar-refractivity contribution in [2.45, 2.75) is 25.6 Å². The first-order valence-electron chi connectivity index (χ1n) is 8.13. The fourth-order valence-corrected chi connectivity index (χ4v) is 5.43. The Kier molecular flexibility index (Phi) is 5.79. The van der Waals surface area contributed by atoms with Crippen molar-refractivity contribution in [1.82, 2.24) is 19.2 Å². The van der Waals surface area contributed by atoms with E-state index in [9.17, 15) is 8.42 Å². The Bertz CT molecular complexity index is 985. The molecule has 1 aliphatic heterocycles. The molecule has 10 heteroatoms. The van der Waals surface area contributed by atoms with Gasteiger partial charge in [0.25, 0.3) is 0 Å². The van der Waals surface area contributed by atoms with Gasteiger partial charge in [0.05, 0.1) is 28.2 Å². The average Bonchev–Trinajstić information content (AvgIpc) is 3.05. The van der Waals surface area contributed by atoms with Gasteiger partial charge in [0.2, 0.25) is 0 Å². The smallest absolute Gasteiger partial charge is 0.198 e. The molecule has 0 saturated carbocycles. The van der Waals surface area contributed by atoms with E-state index in [4.69, 9.17) is 35.4 Å². The van der Waals surface area contributed by atoms with Crippen LogP contribution in [0.2, 0.25) is 10.0 Å². The lowest BCUT2D eigenvalue weighted by molar-refractivity contribution is 0.243. The van der Waals surface area contributed by atoms with Crippen molar-refractivity contribution in [3.8, 4) is 0 Å². The van der Waals surface area contributed by atoms with Crippen LogP contribution in [0.3, 0.4) is 0 Å². The van der Waals surface area contributed by atoms with Crippen LogP contribution in [0.4, 0.5) is 0 Å². The van der Waals surface area contributed by atoms with Gasteiger partial charge >= 0.3 is 0 Å². The van der Waals surface area contributed by atoms with E-state index in [2.05, 4.69) is 10.00 Å². The van der Waals surface area contributed by atoms with Gasteiger partial charge in [-0.1, -0.05) is 29.3 Å². The Morgan fingerprint density at radius 1 is 1.35 bits per heavy atom. The van der Waals surface area contributed by atoms with Crippen LogP contribution in [0, 0.1) is 4.77 Å². The summed E-state index contributed by atoms with van der Waals surface area (Å²) in [5.74, 6) is 1.01. The maximum absolute atomic E-state index is 11.8. The van der Waals surface area contributed by atoms with Crippen molar-refractivity contribution >= 4 is 45.3 Å². The molecular formula is C16H20Cl2N4O2S2. The second-order valence-electron chi connectivity index (χ2n) is 6.70. The van der Waals surface area contributed by atoms with Gasteiger partial charge in [-0.15, -0.1) is 0 Å². The quantitative estimate of drug-likeness (QED) is 0.675. The Hall–Kier alpha value is -0.930. The summed E-state index contributed by atoms with van der Waals surface area (Å²) in [7, 11) is 0.830. The van der Waals surface area contributed by atoms with Gasteiger partial charge in [-0.2, -0.15) is 5.10 Å². The van der Waals surface area contributed by atoms with E-state index in [1.165, 1.54) is 0 Å². The van der Waals surface area contributed by atoms with Gasteiger partial charge in [-0.3, -0.25) is 4.90 Å². The Balaban J connectivity index is 1.74. The number of rotatable bonds is 5.